The maximum Gasteiger partial charge on any atom is 0.407 e. The third-order valence-electron chi connectivity index (χ3n) is 4.50. The van der Waals surface area contributed by atoms with Crippen LogP contribution in [0.15, 0.2) is 0 Å². The van der Waals surface area contributed by atoms with E-state index in [1.807, 2.05) is 0 Å². The summed E-state index contributed by atoms with van der Waals surface area (Å²) >= 11 is 0. The molecule has 0 bridgehead atoms. The minimum atomic E-state index is -0.284. The number of hydrogen-bond donors (Lipinski definition) is 1. The smallest absolute Gasteiger partial charge is 0.407 e. The number of carbonyl (C=O) groups excluding carboxylic acids is 1. The molecule has 0 aromatic carbocycles. The highest BCUT2D eigenvalue weighted by atomic mass is 16.6. The second-order valence-corrected chi connectivity index (χ2v) is 6.42. The Kier molecular flexibility index (Phi) is 11.1. The van der Waals surface area contributed by atoms with Gasteiger partial charge in [-0.2, -0.15) is 0 Å². The van der Waals surface area contributed by atoms with E-state index in [1.165, 1.54) is 19.3 Å². The normalized spacial score (nSPS) is 17.2. The number of likely N-dealkylation sites (N-methyl/N-ethyl adjacent to an activating group) is 1. The zero-order chi connectivity index (χ0) is 16.9. The molecule has 0 radical (unpaired) electrons. The van der Waals surface area contributed by atoms with Crippen LogP contribution in [0.4, 0.5) is 4.79 Å². The molecule has 1 N–H and O–H groups in total. The molecule has 0 aromatic rings. The molecular weight excluding hydrogens is 292 g/mol. The van der Waals surface area contributed by atoms with Crippen LogP contribution < -0.4 is 5.32 Å². The molecule has 0 aliphatic heterocycles. The van der Waals surface area contributed by atoms with Gasteiger partial charge >= 0.3 is 6.09 Å². The number of alkyl carbamates (subject to hydrolysis) is 1. The molecule has 1 aliphatic carbocycles. The lowest BCUT2D eigenvalue weighted by molar-refractivity contribution is 0.00200. The number of unbranched alkanes of at least 4 members (excludes halogenated alkanes) is 1. The van der Waals surface area contributed by atoms with Crippen LogP contribution in [-0.4, -0.2) is 56.0 Å². The predicted octanol–water partition coefficient (Wildman–Crippen LogP) is 3.57. The largest absolute Gasteiger partial charge is 0.442 e. The highest BCUT2D eigenvalue weighted by molar-refractivity contribution is 5.67. The van der Waals surface area contributed by atoms with E-state index in [4.69, 9.17) is 9.47 Å². The molecule has 0 heterocycles. The minimum absolute atomic E-state index is 0.199. The van der Waals surface area contributed by atoms with Gasteiger partial charge < -0.3 is 19.7 Å². The molecule has 5 heteroatoms. The van der Waals surface area contributed by atoms with Gasteiger partial charge in [0.2, 0.25) is 0 Å². The third kappa shape index (κ3) is 9.16. The van der Waals surface area contributed by atoms with Crippen molar-refractivity contribution in [2.75, 3.05) is 32.8 Å². The lowest BCUT2D eigenvalue weighted by Crippen LogP contribution is -2.43. The number of hydrogen-bond acceptors (Lipinski definition) is 4. The zero-order valence-corrected chi connectivity index (χ0v) is 15.3. The van der Waals surface area contributed by atoms with Gasteiger partial charge in [-0.15, -0.1) is 0 Å². The van der Waals surface area contributed by atoms with E-state index in [2.05, 4.69) is 31.0 Å². The third-order valence-corrected chi connectivity index (χ3v) is 4.50. The molecular formula is C18H36N2O3. The monoisotopic (exact) mass is 328 g/mol. The molecule has 5 nitrogen and oxygen atoms in total. The molecule has 1 aliphatic rings. The summed E-state index contributed by atoms with van der Waals surface area (Å²) in [6.45, 7) is 10.3. The standard InChI is InChI=1S/C18H36N2O3/c1-4-7-13-22-15-17(14-20(5-2)6-3)23-18(21)19-16-11-9-8-10-12-16/h16-17H,4-15H2,1-3H3,(H,19,21). The Balaban J connectivity index is 2.40. The summed E-state index contributed by atoms with van der Waals surface area (Å²) in [6.07, 6.45) is 7.51. The second-order valence-electron chi connectivity index (χ2n) is 6.42. The molecule has 1 atom stereocenters. The van der Waals surface area contributed by atoms with Crippen molar-refractivity contribution < 1.29 is 14.3 Å². The molecule has 0 spiro atoms. The maximum absolute atomic E-state index is 12.2. The summed E-state index contributed by atoms with van der Waals surface area (Å²) in [5.74, 6) is 0. The minimum Gasteiger partial charge on any atom is -0.442 e. The molecule has 0 aromatic heterocycles. The van der Waals surface area contributed by atoms with Crippen LogP contribution in [0.1, 0.15) is 65.7 Å². The van der Waals surface area contributed by atoms with Crippen LogP contribution in [0.3, 0.4) is 0 Å². The Morgan fingerprint density at radius 1 is 1.17 bits per heavy atom. The molecule has 1 rings (SSSR count). The second kappa shape index (κ2) is 12.6. The zero-order valence-electron chi connectivity index (χ0n) is 15.3. The van der Waals surface area contributed by atoms with Gasteiger partial charge in [0.05, 0.1) is 6.61 Å². The van der Waals surface area contributed by atoms with Gasteiger partial charge in [-0.05, 0) is 32.4 Å². The Morgan fingerprint density at radius 2 is 1.87 bits per heavy atom. The number of nitrogens with zero attached hydrogens (tertiary/aromatic N) is 1. The molecule has 23 heavy (non-hydrogen) atoms. The van der Waals surface area contributed by atoms with E-state index in [1.54, 1.807) is 0 Å². The first kappa shape index (κ1) is 20.2. The van der Waals surface area contributed by atoms with E-state index in [0.717, 1.165) is 51.9 Å². The Bertz CT molecular complexity index is 303. The maximum atomic E-state index is 12.2. The highest BCUT2D eigenvalue weighted by Gasteiger charge is 2.21. The van der Waals surface area contributed by atoms with Crippen molar-refractivity contribution in [2.24, 2.45) is 0 Å². The first-order valence-electron chi connectivity index (χ1n) is 9.46. The van der Waals surface area contributed by atoms with Gasteiger partial charge in [0.15, 0.2) is 0 Å². The number of ether oxygens (including phenoxy) is 2. The van der Waals surface area contributed by atoms with Gasteiger partial charge in [0.25, 0.3) is 0 Å². The lowest BCUT2D eigenvalue weighted by atomic mass is 9.96. The summed E-state index contributed by atoms with van der Waals surface area (Å²) in [5.41, 5.74) is 0. The topological polar surface area (TPSA) is 50.8 Å². The van der Waals surface area contributed by atoms with Crippen molar-refractivity contribution in [3.05, 3.63) is 0 Å². The summed E-state index contributed by atoms with van der Waals surface area (Å²) in [7, 11) is 0. The van der Waals surface area contributed by atoms with Crippen molar-refractivity contribution in [2.45, 2.75) is 77.9 Å². The molecule has 1 fully saturated rings. The Morgan fingerprint density at radius 3 is 2.48 bits per heavy atom. The van der Waals surface area contributed by atoms with Gasteiger partial charge in [-0.25, -0.2) is 4.79 Å². The fraction of sp³-hybridized carbons (Fsp3) is 0.944. The SMILES string of the molecule is CCCCOCC(CN(CC)CC)OC(=O)NC1CCCCC1. The fourth-order valence-corrected chi connectivity index (χ4v) is 2.95. The van der Waals surface area contributed by atoms with E-state index in [0.29, 0.717) is 6.61 Å². The molecule has 1 unspecified atom stereocenters. The van der Waals surface area contributed by atoms with Crippen LogP contribution in [0.25, 0.3) is 0 Å². The van der Waals surface area contributed by atoms with E-state index in [-0.39, 0.29) is 18.2 Å². The summed E-state index contributed by atoms with van der Waals surface area (Å²) in [5, 5.41) is 3.02. The number of nitrogens with one attached hydrogen (secondary N) is 1. The quantitative estimate of drug-likeness (QED) is 0.589. The number of carbonyl (C=O) groups is 1. The first-order valence-corrected chi connectivity index (χ1v) is 9.46. The van der Waals surface area contributed by atoms with Crippen molar-refractivity contribution in [3.8, 4) is 0 Å². The first-order chi connectivity index (χ1) is 11.2. The summed E-state index contributed by atoms with van der Waals surface area (Å²) in [4.78, 5) is 14.4. The fourth-order valence-electron chi connectivity index (χ4n) is 2.95. The predicted molar refractivity (Wildman–Crippen MR) is 93.8 cm³/mol. The van der Waals surface area contributed by atoms with Gasteiger partial charge in [0, 0.05) is 19.2 Å². The summed E-state index contributed by atoms with van der Waals surface area (Å²) < 4.78 is 11.3. The van der Waals surface area contributed by atoms with Crippen LogP contribution in [0.5, 0.6) is 0 Å². The number of amides is 1. The average Bonchev–Trinajstić information content (AvgIpc) is 2.57. The van der Waals surface area contributed by atoms with E-state index >= 15 is 0 Å². The van der Waals surface area contributed by atoms with Crippen molar-refractivity contribution in [1.82, 2.24) is 10.2 Å². The van der Waals surface area contributed by atoms with Gasteiger partial charge in [-0.1, -0.05) is 46.5 Å². The van der Waals surface area contributed by atoms with Crippen molar-refractivity contribution >= 4 is 6.09 Å². The van der Waals surface area contributed by atoms with Gasteiger partial charge in [0.1, 0.15) is 6.10 Å². The average molecular weight is 328 g/mol. The Hall–Kier alpha value is -0.810. The van der Waals surface area contributed by atoms with E-state index < -0.39 is 0 Å². The summed E-state index contributed by atoms with van der Waals surface area (Å²) in [6, 6.07) is 0.284. The molecule has 1 saturated carbocycles. The van der Waals surface area contributed by atoms with Crippen LogP contribution in [0, 0.1) is 0 Å². The van der Waals surface area contributed by atoms with Crippen molar-refractivity contribution in [1.29, 1.82) is 0 Å². The van der Waals surface area contributed by atoms with Crippen LogP contribution >= 0.6 is 0 Å². The van der Waals surface area contributed by atoms with Crippen molar-refractivity contribution in [3.63, 3.8) is 0 Å². The van der Waals surface area contributed by atoms with E-state index in [9.17, 15) is 4.79 Å². The molecule has 1 amide bonds. The molecule has 0 saturated heterocycles. The Labute approximate surface area is 142 Å². The van der Waals surface area contributed by atoms with Gasteiger partial charge in [-0.3, -0.25) is 0 Å². The molecule has 136 valence electrons. The number of rotatable bonds is 11. The van der Waals surface area contributed by atoms with Crippen LogP contribution in [-0.2, 0) is 9.47 Å². The lowest BCUT2D eigenvalue weighted by Gasteiger charge is -2.27. The highest BCUT2D eigenvalue weighted by Crippen LogP contribution is 2.17. The van der Waals surface area contributed by atoms with Crippen LogP contribution in [0.2, 0.25) is 0 Å².